The van der Waals surface area contributed by atoms with Crippen LogP contribution in [0.25, 0.3) is 11.1 Å². The zero-order chi connectivity index (χ0) is 25.3. The van der Waals surface area contributed by atoms with Crippen LogP contribution >= 0.6 is 0 Å². The molecule has 5 nitrogen and oxygen atoms in total. The second-order valence-electron chi connectivity index (χ2n) is 8.65. The van der Waals surface area contributed by atoms with Gasteiger partial charge in [0.05, 0.1) is 6.04 Å². The molecule has 1 heterocycles. The Labute approximate surface area is 212 Å². The second kappa shape index (κ2) is 12.0. The van der Waals surface area contributed by atoms with Gasteiger partial charge in [-0.25, -0.2) is 0 Å². The molecule has 4 aromatic rings. The van der Waals surface area contributed by atoms with Crippen molar-refractivity contribution in [3.05, 3.63) is 133 Å². The zero-order valence-electron chi connectivity index (χ0n) is 20.4. The van der Waals surface area contributed by atoms with Crippen LogP contribution in [0.15, 0.2) is 122 Å². The van der Waals surface area contributed by atoms with Gasteiger partial charge in [-0.15, -0.1) is 0 Å². The molecule has 4 rings (SSSR count). The quantitative estimate of drug-likeness (QED) is 0.291. The summed E-state index contributed by atoms with van der Waals surface area (Å²) in [5.41, 5.74) is 5.39. The van der Waals surface area contributed by atoms with Gasteiger partial charge < -0.3 is 15.3 Å². The van der Waals surface area contributed by atoms with Crippen LogP contribution in [0.4, 0.5) is 5.69 Å². The molecule has 182 valence electrons. The molecule has 1 unspecified atom stereocenters. The Hall–Kier alpha value is -4.22. The Bertz CT molecular complexity index is 1260. The van der Waals surface area contributed by atoms with Crippen molar-refractivity contribution in [1.29, 1.82) is 0 Å². The second-order valence-corrected chi connectivity index (χ2v) is 8.65. The molecule has 2 N–H and O–H groups in total. The molecule has 1 aromatic heterocycles. The third-order valence-corrected chi connectivity index (χ3v) is 6.16. The fraction of sp³-hybridized carbons (Fsp3) is 0.161. The van der Waals surface area contributed by atoms with E-state index in [0.29, 0.717) is 12.1 Å². The van der Waals surface area contributed by atoms with Gasteiger partial charge in [0.1, 0.15) is 6.04 Å². The third kappa shape index (κ3) is 5.88. The molecule has 0 aliphatic rings. The van der Waals surface area contributed by atoms with E-state index >= 15 is 0 Å². The maximum atomic E-state index is 13.9. The smallest absolute Gasteiger partial charge is 0.248 e. The number of nitrogens with one attached hydrogen (secondary N) is 1. The van der Waals surface area contributed by atoms with Crippen LogP contribution in [-0.4, -0.2) is 22.6 Å². The summed E-state index contributed by atoms with van der Waals surface area (Å²) < 4.78 is 0. The molecule has 0 saturated carbocycles. The van der Waals surface area contributed by atoms with E-state index in [1.165, 1.54) is 0 Å². The number of benzene rings is 3. The highest BCUT2D eigenvalue weighted by molar-refractivity contribution is 5.88. The lowest BCUT2D eigenvalue weighted by molar-refractivity contribution is -0.123. The van der Waals surface area contributed by atoms with Gasteiger partial charge in [0, 0.05) is 42.4 Å². The normalized spacial score (nSPS) is 12.4. The standard InChI is InChI=1S/C31H31N3O2/c1-23(19-21-35)34(29-17-15-27(16-18-29)26-12-7-4-8-13-26)30(28-14-9-20-32-22-28)31(36)33-24(2)25-10-5-3-6-11-25/h3-18,20,22,24,30,35H,1,19,21H2,2H3,(H,33,36)/t24-,30?/m0/s1. The van der Waals surface area contributed by atoms with Crippen molar-refractivity contribution < 1.29 is 9.90 Å². The SMILES string of the molecule is C=C(CCO)N(c1ccc(-c2ccccc2)cc1)C(C(=O)N[C@@H](C)c1ccccc1)c1cccnc1. The molecular formula is C31H31N3O2. The van der Waals surface area contributed by atoms with Crippen molar-refractivity contribution in [1.82, 2.24) is 10.3 Å². The van der Waals surface area contributed by atoms with Crippen LogP contribution in [0, 0.1) is 0 Å². The van der Waals surface area contributed by atoms with Crippen molar-refractivity contribution in [3.63, 3.8) is 0 Å². The number of anilines is 1. The van der Waals surface area contributed by atoms with Gasteiger partial charge in [-0.05, 0) is 41.8 Å². The molecule has 36 heavy (non-hydrogen) atoms. The molecule has 1 amide bonds. The van der Waals surface area contributed by atoms with Crippen molar-refractivity contribution in [2.24, 2.45) is 0 Å². The third-order valence-electron chi connectivity index (χ3n) is 6.16. The van der Waals surface area contributed by atoms with E-state index < -0.39 is 6.04 Å². The lowest BCUT2D eigenvalue weighted by Gasteiger charge is -2.35. The van der Waals surface area contributed by atoms with Gasteiger partial charge in [-0.1, -0.05) is 85.4 Å². The topological polar surface area (TPSA) is 65.5 Å². The van der Waals surface area contributed by atoms with Gasteiger partial charge in [0.25, 0.3) is 0 Å². The van der Waals surface area contributed by atoms with Crippen LogP contribution in [0.2, 0.25) is 0 Å². The molecule has 3 aromatic carbocycles. The number of nitrogens with zero attached hydrogens (tertiary/aromatic N) is 2. The number of hydrogen-bond donors (Lipinski definition) is 2. The molecule has 0 aliphatic carbocycles. The molecule has 0 radical (unpaired) electrons. The Kier molecular flexibility index (Phi) is 8.27. The summed E-state index contributed by atoms with van der Waals surface area (Å²) >= 11 is 0. The lowest BCUT2D eigenvalue weighted by Crippen LogP contribution is -2.41. The summed E-state index contributed by atoms with van der Waals surface area (Å²) in [5, 5.41) is 12.9. The molecule has 0 fully saturated rings. The highest BCUT2D eigenvalue weighted by atomic mass is 16.3. The van der Waals surface area contributed by atoms with Gasteiger partial charge >= 0.3 is 0 Å². The zero-order valence-corrected chi connectivity index (χ0v) is 20.4. The summed E-state index contributed by atoms with van der Waals surface area (Å²) in [5.74, 6) is -0.175. The molecule has 2 atom stereocenters. The fourth-order valence-electron chi connectivity index (χ4n) is 4.28. The van der Waals surface area contributed by atoms with E-state index in [4.69, 9.17) is 0 Å². The number of aliphatic hydroxyl groups excluding tert-OH is 1. The number of aromatic nitrogens is 1. The van der Waals surface area contributed by atoms with Crippen molar-refractivity contribution >= 4 is 11.6 Å². The van der Waals surface area contributed by atoms with Crippen molar-refractivity contribution in [2.45, 2.75) is 25.4 Å². The monoisotopic (exact) mass is 477 g/mol. The number of carbonyl (C=O) groups is 1. The van der Waals surface area contributed by atoms with E-state index in [2.05, 4.69) is 29.0 Å². The van der Waals surface area contributed by atoms with Crippen molar-refractivity contribution in [3.8, 4) is 11.1 Å². The molecule has 0 saturated heterocycles. The Morgan fingerprint density at radius 2 is 1.50 bits per heavy atom. The van der Waals surface area contributed by atoms with Crippen molar-refractivity contribution in [2.75, 3.05) is 11.5 Å². The Balaban J connectivity index is 1.72. The first kappa shape index (κ1) is 24.9. The average Bonchev–Trinajstić information content (AvgIpc) is 2.93. The van der Waals surface area contributed by atoms with E-state index in [0.717, 1.165) is 27.9 Å². The Morgan fingerprint density at radius 3 is 2.11 bits per heavy atom. The summed E-state index contributed by atoms with van der Waals surface area (Å²) in [6.45, 7) is 6.13. The van der Waals surface area contributed by atoms with E-state index in [1.54, 1.807) is 12.4 Å². The first-order valence-corrected chi connectivity index (χ1v) is 12.1. The average molecular weight is 478 g/mol. The van der Waals surface area contributed by atoms with Crippen LogP contribution in [0.5, 0.6) is 0 Å². The molecule has 0 bridgehead atoms. The fourth-order valence-corrected chi connectivity index (χ4v) is 4.28. The first-order valence-electron chi connectivity index (χ1n) is 12.1. The molecular weight excluding hydrogens is 446 g/mol. The number of amides is 1. The summed E-state index contributed by atoms with van der Waals surface area (Å²) in [7, 11) is 0. The van der Waals surface area contributed by atoms with E-state index in [9.17, 15) is 9.90 Å². The van der Waals surface area contributed by atoms with Crippen LogP contribution < -0.4 is 10.2 Å². The maximum Gasteiger partial charge on any atom is 0.248 e. The molecule has 0 aliphatic heterocycles. The summed E-state index contributed by atoms with van der Waals surface area (Å²) in [6, 6.07) is 30.9. The van der Waals surface area contributed by atoms with E-state index in [-0.39, 0.29) is 18.6 Å². The minimum absolute atomic E-state index is 0.0702. The van der Waals surface area contributed by atoms with Crippen LogP contribution in [-0.2, 0) is 4.79 Å². The Morgan fingerprint density at radius 1 is 0.889 bits per heavy atom. The van der Waals surface area contributed by atoms with E-state index in [1.807, 2.05) is 96.8 Å². The predicted octanol–water partition coefficient (Wildman–Crippen LogP) is 6.07. The largest absolute Gasteiger partial charge is 0.396 e. The molecule has 5 heteroatoms. The minimum Gasteiger partial charge on any atom is -0.396 e. The van der Waals surface area contributed by atoms with Gasteiger partial charge in [-0.3, -0.25) is 9.78 Å². The number of rotatable bonds is 10. The van der Waals surface area contributed by atoms with Gasteiger partial charge in [-0.2, -0.15) is 0 Å². The van der Waals surface area contributed by atoms with Gasteiger partial charge in [0.2, 0.25) is 5.91 Å². The minimum atomic E-state index is -0.716. The summed E-state index contributed by atoms with van der Waals surface area (Å²) in [4.78, 5) is 20.0. The van der Waals surface area contributed by atoms with Gasteiger partial charge in [0.15, 0.2) is 0 Å². The maximum absolute atomic E-state index is 13.9. The van der Waals surface area contributed by atoms with Crippen LogP contribution in [0.1, 0.15) is 36.6 Å². The highest BCUT2D eigenvalue weighted by Gasteiger charge is 2.31. The first-order chi connectivity index (χ1) is 17.6. The molecule has 0 spiro atoms. The number of aliphatic hydroxyl groups is 1. The predicted molar refractivity (Wildman–Crippen MR) is 145 cm³/mol. The lowest BCUT2D eigenvalue weighted by atomic mass is 10.0. The highest BCUT2D eigenvalue weighted by Crippen LogP contribution is 2.34. The summed E-state index contributed by atoms with van der Waals surface area (Å²) in [6.07, 6.45) is 3.72. The van der Waals surface area contributed by atoms with Crippen LogP contribution in [0.3, 0.4) is 0 Å². The number of carbonyl (C=O) groups excluding carboxylic acids is 1. The number of hydrogen-bond acceptors (Lipinski definition) is 4. The number of pyridine rings is 1.